The number of carbonyl (C=O) groups excluding carboxylic acids is 2. The Bertz CT molecular complexity index is 2140. The van der Waals surface area contributed by atoms with Crippen LogP contribution in [0.15, 0.2) is 33.0 Å². The number of tetrazole rings is 1. The number of phenols is 2. The van der Waals surface area contributed by atoms with E-state index >= 15 is 0 Å². The highest BCUT2D eigenvalue weighted by molar-refractivity contribution is 8.01. The molecule has 2 amide bonds. The minimum absolute atomic E-state index is 0.0290. The average molecular weight is 842 g/mol. The van der Waals surface area contributed by atoms with Crippen molar-refractivity contribution in [1.82, 2.24) is 35.4 Å². The highest BCUT2D eigenvalue weighted by Crippen LogP contribution is 2.43. The van der Waals surface area contributed by atoms with Crippen LogP contribution in [0.25, 0.3) is 5.69 Å². The van der Waals surface area contributed by atoms with Crippen LogP contribution >= 0.6 is 46.5 Å². The van der Waals surface area contributed by atoms with Crippen molar-refractivity contribution in [2.45, 2.75) is 68.5 Å². The third-order valence-electron chi connectivity index (χ3n) is 7.51. The van der Waals surface area contributed by atoms with Crippen molar-refractivity contribution in [1.29, 1.82) is 0 Å². The number of thiazole rings is 1. The molecular weight excluding hydrogens is 810 g/mol. The first kappa shape index (κ1) is 41.0. The average Bonchev–Trinajstić information content (AvgIpc) is 3.73. The van der Waals surface area contributed by atoms with Crippen LogP contribution < -0.4 is 11.1 Å². The minimum atomic E-state index is -1.84. The number of aromatic nitrogens is 5. The molecule has 55 heavy (non-hydrogen) atoms. The number of nitrogens with zero attached hydrogens (tertiary/aromatic N) is 7. The number of carboxylic acid groups (broad SMARTS) is 3. The summed E-state index contributed by atoms with van der Waals surface area (Å²) in [6.45, 7) is 6.32. The molecule has 3 aromatic rings. The van der Waals surface area contributed by atoms with Gasteiger partial charge in [0.1, 0.15) is 29.2 Å². The summed E-state index contributed by atoms with van der Waals surface area (Å²) in [5.74, 6) is -8.94. The fraction of sp³-hybridized carbons (Fsp3) is 0.400. The van der Waals surface area contributed by atoms with Crippen molar-refractivity contribution in [3.8, 4) is 17.2 Å². The van der Waals surface area contributed by atoms with Gasteiger partial charge in [-0.1, -0.05) is 28.5 Å². The van der Waals surface area contributed by atoms with E-state index in [0.29, 0.717) is 0 Å². The monoisotopic (exact) mass is 841 g/mol. The number of oxime groups is 1. The van der Waals surface area contributed by atoms with Gasteiger partial charge in [-0.3, -0.25) is 24.1 Å². The lowest BCUT2D eigenvalue weighted by Crippen LogP contribution is -2.71. The minimum Gasteiger partial charge on any atom is -0.504 e. The molecule has 8 N–H and O–H groups in total. The van der Waals surface area contributed by atoms with Crippen molar-refractivity contribution < 1.29 is 59.1 Å². The van der Waals surface area contributed by atoms with Crippen LogP contribution in [0.3, 0.4) is 0 Å². The molecule has 2 unspecified atom stereocenters. The van der Waals surface area contributed by atoms with E-state index in [2.05, 4.69) is 31.0 Å². The molecule has 1 saturated heterocycles. The van der Waals surface area contributed by atoms with Crippen molar-refractivity contribution in [3.05, 3.63) is 39.0 Å². The molecule has 25 heteroatoms. The van der Waals surface area contributed by atoms with Gasteiger partial charge in [0.05, 0.1) is 22.7 Å². The number of β-lactam (4-membered cyclic amide) rings is 1. The second kappa shape index (κ2) is 15.9. The van der Waals surface area contributed by atoms with Gasteiger partial charge in [-0.2, -0.15) is 4.68 Å². The van der Waals surface area contributed by atoms with Gasteiger partial charge < -0.3 is 46.2 Å². The van der Waals surface area contributed by atoms with E-state index in [1.807, 2.05) is 0 Å². The van der Waals surface area contributed by atoms with Crippen LogP contribution in [0.4, 0.5) is 5.13 Å². The Morgan fingerprint density at radius 1 is 1.16 bits per heavy atom. The molecule has 0 aliphatic carbocycles. The number of thioether (sulfide) groups is 2. The highest BCUT2D eigenvalue weighted by atomic mass is 35.5. The molecule has 5 rings (SSSR count). The van der Waals surface area contributed by atoms with Gasteiger partial charge in [0, 0.05) is 35.4 Å². The van der Waals surface area contributed by atoms with Crippen LogP contribution in [-0.2, 0) is 40.0 Å². The number of amides is 2. The molecule has 3 atom stereocenters. The maximum Gasteiger partial charge on any atom is 0.352 e. The largest absolute Gasteiger partial charge is 0.504 e. The number of hydrogen-bond acceptors (Lipinski definition) is 18. The fourth-order valence-corrected chi connectivity index (χ4v) is 8.67. The zero-order valence-electron chi connectivity index (χ0n) is 29.0. The van der Waals surface area contributed by atoms with Crippen LogP contribution in [0, 0.1) is 0 Å². The molecular formula is C30H32ClN9O12S3. The van der Waals surface area contributed by atoms with Gasteiger partial charge in [-0.25, -0.2) is 9.78 Å². The summed E-state index contributed by atoms with van der Waals surface area (Å²) in [6.07, 6.45) is -1.32. The second-order valence-electron chi connectivity index (χ2n) is 12.9. The third kappa shape index (κ3) is 9.04. The predicted molar refractivity (Wildman–Crippen MR) is 195 cm³/mol. The number of carbonyl (C=O) groups is 5. The van der Waals surface area contributed by atoms with Gasteiger partial charge in [-0.15, -0.1) is 28.2 Å². The zero-order valence-corrected chi connectivity index (χ0v) is 32.2. The first-order valence-corrected chi connectivity index (χ1v) is 19.0. The Balaban J connectivity index is 1.36. The number of benzene rings is 1. The number of nitrogen functional groups attached to an aromatic ring is 1. The summed E-state index contributed by atoms with van der Waals surface area (Å²) < 4.78 is 6.85. The zero-order chi connectivity index (χ0) is 40.6. The molecule has 0 spiro atoms. The third-order valence-corrected chi connectivity index (χ3v) is 10.9. The first-order chi connectivity index (χ1) is 25.7. The molecule has 0 saturated carbocycles. The van der Waals surface area contributed by atoms with Crippen LogP contribution in [0.5, 0.6) is 11.5 Å². The number of nitrogens with one attached hydrogen (secondary N) is 1. The number of fused-ring (bicyclic) bond motifs is 1. The number of aliphatic carboxylic acids is 3. The number of hydrogen-bond donors (Lipinski definition) is 7. The number of carboxylic acids is 3. The van der Waals surface area contributed by atoms with E-state index in [1.54, 1.807) is 20.8 Å². The first-order valence-electron chi connectivity index (χ1n) is 15.7. The molecule has 2 aromatic heterocycles. The van der Waals surface area contributed by atoms with Gasteiger partial charge in [0.15, 0.2) is 22.3 Å². The van der Waals surface area contributed by atoms with Crippen LogP contribution in [0.1, 0.15) is 45.4 Å². The topological polar surface area (TPSA) is 315 Å². The molecule has 1 aromatic carbocycles. The molecule has 2 aliphatic heterocycles. The fourth-order valence-electron chi connectivity index (χ4n) is 5.49. The van der Waals surface area contributed by atoms with E-state index < -0.39 is 87.6 Å². The molecule has 1 fully saturated rings. The Labute approximate surface area is 327 Å². The lowest BCUT2D eigenvalue weighted by atomic mass is 10.0. The number of phenolic OH excluding ortho intramolecular Hbond substituents is 2. The number of nitrogens with two attached hydrogens (primary N) is 1. The molecule has 2 aliphatic rings. The Kier molecular flexibility index (Phi) is 11.9. The Morgan fingerprint density at radius 2 is 1.87 bits per heavy atom. The SMILES string of the molecule is CC(C)(C)OC(C)(CC(=O)O)O/N=C(\C(=O)NC1C(=O)N2C(C(=O)O)=C(CSc3nnnn3-c3cc(O)c(O)c(Cl)c3CC(=O)O)CS[C@H]12)c1csc(N)n1. The molecule has 0 radical (unpaired) electrons. The highest BCUT2D eigenvalue weighted by Gasteiger charge is 2.54. The van der Waals surface area contributed by atoms with Crippen LogP contribution in [0.2, 0.25) is 5.02 Å². The van der Waals surface area contributed by atoms with E-state index in [1.165, 1.54) is 12.3 Å². The number of ether oxygens (including phenoxy) is 1. The Morgan fingerprint density at radius 3 is 2.47 bits per heavy atom. The molecule has 21 nitrogen and oxygen atoms in total. The van der Waals surface area contributed by atoms with E-state index in [-0.39, 0.29) is 50.0 Å². The van der Waals surface area contributed by atoms with Gasteiger partial charge >= 0.3 is 17.9 Å². The van der Waals surface area contributed by atoms with Gasteiger partial charge in [-0.05, 0) is 36.8 Å². The lowest BCUT2D eigenvalue weighted by Gasteiger charge is -2.49. The van der Waals surface area contributed by atoms with Gasteiger partial charge in [0.25, 0.3) is 11.8 Å². The van der Waals surface area contributed by atoms with Crippen molar-refractivity contribution in [2.24, 2.45) is 5.16 Å². The maximum atomic E-state index is 13.6. The van der Waals surface area contributed by atoms with Crippen molar-refractivity contribution in [3.63, 3.8) is 0 Å². The number of anilines is 1. The smallest absolute Gasteiger partial charge is 0.352 e. The number of aromatic hydroxyl groups is 2. The summed E-state index contributed by atoms with van der Waals surface area (Å²) in [4.78, 5) is 73.5. The maximum absolute atomic E-state index is 13.6. The summed E-state index contributed by atoms with van der Waals surface area (Å²) in [5, 5.41) is 67.4. The van der Waals surface area contributed by atoms with Crippen LogP contribution in [-0.4, -0.2) is 125 Å². The summed E-state index contributed by atoms with van der Waals surface area (Å²) in [7, 11) is 0. The van der Waals surface area contributed by atoms with E-state index in [0.717, 1.165) is 50.5 Å². The Hall–Kier alpha value is -5.17. The van der Waals surface area contributed by atoms with Crippen molar-refractivity contribution in [2.75, 3.05) is 17.2 Å². The quantitative estimate of drug-likeness (QED) is 0.0286. The summed E-state index contributed by atoms with van der Waals surface area (Å²) >= 11 is 9.21. The molecule has 0 bridgehead atoms. The van der Waals surface area contributed by atoms with E-state index in [9.17, 15) is 49.5 Å². The summed E-state index contributed by atoms with van der Waals surface area (Å²) in [5.41, 5.74) is 4.19. The number of halogens is 1. The lowest BCUT2D eigenvalue weighted by molar-refractivity contribution is -0.271. The second-order valence-corrected chi connectivity index (χ2v) is 16.2. The molecule has 4 heterocycles. The van der Waals surface area contributed by atoms with E-state index in [4.69, 9.17) is 26.9 Å². The normalized spacial score (nSPS) is 18.3. The number of rotatable bonds is 15. The van der Waals surface area contributed by atoms with Crippen molar-refractivity contribution >= 4 is 87.0 Å². The predicted octanol–water partition coefficient (Wildman–Crippen LogP) is 1.65. The van der Waals surface area contributed by atoms with Gasteiger partial charge in [0.2, 0.25) is 10.9 Å². The molecule has 294 valence electrons. The summed E-state index contributed by atoms with van der Waals surface area (Å²) in [6, 6.07) is -0.193. The standard InChI is InChI=1S/C30H32ClN9O12S3/c1-29(2,3)51-30(4,7-17(44)45)52-36-19(13-10-54-27(32)33-13)23(47)34-20-24(48)39-21(26(49)50)11(8-53-25(20)39)9-55-28-35-37-38-40(28)14-6-15(41)22(46)18(31)12(14)5-16(42)43/h6,10,20,25,41,46H,5,7-9H2,1-4H3,(H2,32,33)(H,34,47)(H,42,43)(H,44,45)(H,49,50)/b36-19-/t20?,25-,30?/m1/s1.